The van der Waals surface area contributed by atoms with E-state index in [1.807, 2.05) is 35.2 Å². The van der Waals surface area contributed by atoms with Crippen LogP contribution in [0.15, 0.2) is 43.0 Å². The first-order valence-corrected chi connectivity index (χ1v) is 7.56. The fourth-order valence-corrected chi connectivity index (χ4v) is 3.31. The zero-order chi connectivity index (χ0) is 17.0. The van der Waals surface area contributed by atoms with Gasteiger partial charge in [-0.05, 0) is 5.56 Å². The van der Waals surface area contributed by atoms with E-state index in [1.165, 1.54) is 14.2 Å². The first-order valence-electron chi connectivity index (χ1n) is 7.15. The zero-order valence-electron chi connectivity index (χ0n) is 13.2. The highest BCUT2D eigenvalue weighted by Gasteiger charge is 2.60. The van der Waals surface area contributed by atoms with Gasteiger partial charge in [-0.1, -0.05) is 48.6 Å². The normalized spacial score (nSPS) is 19.3. The van der Waals surface area contributed by atoms with E-state index in [0.29, 0.717) is 6.54 Å². The van der Waals surface area contributed by atoms with E-state index in [9.17, 15) is 9.59 Å². The SMILES string of the molecule is C=CC1CC(C(=O)OC)(C(=O)OC)C(=S)N1Cc1ccccc1. The molecule has 5 nitrogen and oxygen atoms in total. The molecule has 1 saturated heterocycles. The van der Waals surface area contributed by atoms with Crippen LogP contribution in [0.4, 0.5) is 0 Å². The summed E-state index contributed by atoms with van der Waals surface area (Å²) in [7, 11) is 2.47. The van der Waals surface area contributed by atoms with Gasteiger partial charge in [0, 0.05) is 19.0 Å². The van der Waals surface area contributed by atoms with Crippen LogP contribution in [0.2, 0.25) is 0 Å². The molecule has 6 heteroatoms. The molecule has 1 atom stereocenters. The molecule has 1 aliphatic heterocycles. The maximum Gasteiger partial charge on any atom is 0.330 e. The molecule has 1 aliphatic rings. The largest absolute Gasteiger partial charge is 0.468 e. The van der Waals surface area contributed by atoms with Gasteiger partial charge in [-0.2, -0.15) is 0 Å². The quantitative estimate of drug-likeness (QED) is 0.356. The number of carbonyl (C=O) groups excluding carboxylic acids is 2. The summed E-state index contributed by atoms with van der Waals surface area (Å²) in [5.41, 5.74) is -0.570. The van der Waals surface area contributed by atoms with Crippen LogP contribution in [0, 0.1) is 5.41 Å². The molecule has 1 heterocycles. The molecule has 2 rings (SSSR count). The Hall–Kier alpha value is -2.21. The van der Waals surface area contributed by atoms with Gasteiger partial charge in [-0.3, -0.25) is 9.59 Å². The second-order valence-electron chi connectivity index (χ2n) is 5.31. The van der Waals surface area contributed by atoms with Gasteiger partial charge >= 0.3 is 11.9 Å². The Labute approximate surface area is 140 Å². The molecule has 1 unspecified atom stereocenters. The van der Waals surface area contributed by atoms with Crippen LogP contribution in [0.3, 0.4) is 0 Å². The van der Waals surface area contributed by atoms with Gasteiger partial charge in [0.25, 0.3) is 0 Å². The number of thiocarbonyl (C=S) groups is 1. The number of esters is 2. The van der Waals surface area contributed by atoms with E-state index in [-0.39, 0.29) is 17.5 Å². The minimum absolute atomic E-state index is 0.168. The number of benzene rings is 1. The van der Waals surface area contributed by atoms with Gasteiger partial charge in [0.05, 0.1) is 14.2 Å². The van der Waals surface area contributed by atoms with Crippen LogP contribution in [-0.4, -0.2) is 42.1 Å². The molecular weight excluding hydrogens is 314 g/mol. The summed E-state index contributed by atoms with van der Waals surface area (Å²) in [4.78, 5) is 26.7. The first-order chi connectivity index (χ1) is 11.0. The van der Waals surface area contributed by atoms with Gasteiger partial charge in [0.15, 0.2) is 0 Å². The van der Waals surface area contributed by atoms with Gasteiger partial charge in [0.1, 0.15) is 4.99 Å². The van der Waals surface area contributed by atoms with Crippen molar-refractivity contribution in [3.63, 3.8) is 0 Å². The number of methoxy groups -OCH3 is 2. The van der Waals surface area contributed by atoms with Crippen molar-refractivity contribution < 1.29 is 19.1 Å². The standard InChI is InChI=1S/C17H19NO4S/c1-4-13-10-17(15(19)21-2,16(20)22-3)14(23)18(13)11-12-8-6-5-7-9-12/h4-9,13H,1,10-11H2,2-3H3. The van der Waals surface area contributed by atoms with Crippen molar-refractivity contribution >= 4 is 29.1 Å². The average Bonchev–Trinajstić information content (AvgIpc) is 2.88. The monoisotopic (exact) mass is 333 g/mol. The molecule has 0 aromatic heterocycles. The smallest absolute Gasteiger partial charge is 0.330 e. The summed E-state index contributed by atoms with van der Waals surface area (Å²) in [6, 6.07) is 9.43. The van der Waals surface area contributed by atoms with Crippen molar-refractivity contribution in [2.24, 2.45) is 5.41 Å². The predicted octanol–water partition coefficient (Wildman–Crippen LogP) is 2.11. The fraction of sp³-hybridized carbons (Fsp3) is 0.353. The number of hydrogen-bond acceptors (Lipinski definition) is 5. The molecule has 0 N–H and O–H groups in total. The number of rotatable bonds is 5. The highest BCUT2D eigenvalue weighted by molar-refractivity contribution is 7.80. The molecule has 1 fully saturated rings. The lowest BCUT2D eigenvalue weighted by Gasteiger charge is -2.26. The average molecular weight is 333 g/mol. The minimum Gasteiger partial charge on any atom is -0.468 e. The Morgan fingerprint density at radius 3 is 2.35 bits per heavy atom. The van der Waals surface area contributed by atoms with Crippen LogP contribution in [0.5, 0.6) is 0 Å². The third-order valence-corrected chi connectivity index (χ3v) is 4.66. The number of carbonyl (C=O) groups is 2. The van der Waals surface area contributed by atoms with Crippen LogP contribution < -0.4 is 0 Å². The van der Waals surface area contributed by atoms with E-state index in [0.717, 1.165) is 5.56 Å². The van der Waals surface area contributed by atoms with E-state index < -0.39 is 17.4 Å². The lowest BCUT2D eigenvalue weighted by Crippen LogP contribution is -2.46. The second kappa shape index (κ2) is 6.91. The summed E-state index contributed by atoms with van der Waals surface area (Å²) < 4.78 is 9.67. The highest BCUT2D eigenvalue weighted by Crippen LogP contribution is 2.41. The van der Waals surface area contributed by atoms with Gasteiger partial charge < -0.3 is 14.4 Å². The molecule has 122 valence electrons. The second-order valence-corrected chi connectivity index (χ2v) is 5.70. The molecular formula is C17H19NO4S. The maximum absolute atomic E-state index is 12.3. The summed E-state index contributed by atoms with van der Waals surface area (Å²) in [5, 5.41) is 0. The molecule has 1 aromatic rings. The number of nitrogens with zero attached hydrogens (tertiary/aromatic N) is 1. The molecule has 0 amide bonds. The van der Waals surface area contributed by atoms with E-state index in [1.54, 1.807) is 6.08 Å². The third kappa shape index (κ3) is 2.86. The van der Waals surface area contributed by atoms with Gasteiger partial charge in [-0.25, -0.2) is 0 Å². The number of ether oxygens (including phenoxy) is 2. The van der Waals surface area contributed by atoms with Crippen LogP contribution >= 0.6 is 12.2 Å². The van der Waals surface area contributed by atoms with Crippen LogP contribution in [0.1, 0.15) is 12.0 Å². The third-order valence-electron chi connectivity index (χ3n) is 4.08. The van der Waals surface area contributed by atoms with Crippen molar-refractivity contribution in [3.8, 4) is 0 Å². The molecule has 1 aromatic carbocycles. The molecule has 0 aliphatic carbocycles. The number of hydrogen-bond donors (Lipinski definition) is 0. The zero-order valence-corrected chi connectivity index (χ0v) is 14.0. The summed E-state index contributed by atoms with van der Waals surface area (Å²) in [5.74, 6) is -1.39. The summed E-state index contributed by atoms with van der Waals surface area (Å²) in [6.45, 7) is 4.28. The Bertz CT molecular complexity index is 613. The van der Waals surface area contributed by atoms with Crippen LogP contribution in [-0.2, 0) is 25.6 Å². The Morgan fingerprint density at radius 2 is 1.87 bits per heavy atom. The predicted molar refractivity (Wildman–Crippen MR) is 89.7 cm³/mol. The molecule has 23 heavy (non-hydrogen) atoms. The Morgan fingerprint density at radius 1 is 1.30 bits per heavy atom. The van der Waals surface area contributed by atoms with Crippen molar-refractivity contribution in [2.45, 2.75) is 19.0 Å². The Kier molecular flexibility index (Phi) is 5.15. The van der Waals surface area contributed by atoms with Gasteiger partial charge in [-0.15, -0.1) is 6.58 Å². The molecule has 0 saturated carbocycles. The summed E-state index contributed by atoms with van der Waals surface area (Å²) >= 11 is 5.48. The van der Waals surface area contributed by atoms with E-state index >= 15 is 0 Å². The lowest BCUT2D eigenvalue weighted by molar-refractivity contribution is -0.163. The van der Waals surface area contributed by atoms with Gasteiger partial charge in [0.2, 0.25) is 5.41 Å². The Balaban J connectivity index is 2.41. The lowest BCUT2D eigenvalue weighted by atomic mass is 9.85. The van der Waals surface area contributed by atoms with Crippen molar-refractivity contribution in [2.75, 3.05) is 14.2 Å². The van der Waals surface area contributed by atoms with E-state index in [4.69, 9.17) is 21.7 Å². The molecule has 0 spiro atoms. The molecule has 0 bridgehead atoms. The molecule has 0 radical (unpaired) electrons. The highest BCUT2D eigenvalue weighted by atomic mass is 32.1. The van der Waals surface area contributed by atoms with Crippen LogP contribution in [0.25, 0.3) is 0 Å². The van der Waals surface area contributed by atoms with Crippen molar-refractivity contribution in [1.29, 1.82) is 0 Å². The minimum atomic E-state index is -1.59. The fourth-order valence-electron chi connectivity index (χ4n) is 2.86. The maximum atomic E-state index is 12.3. The topological polar surface area (TPSA) is 55.8 Å². The first kappa shape index (κ1) is 17.1. The van der Waals surface area contributed by atoms with Crippen molar-refractivity contribution in [3.05, 3.63) is 48.6 Å². The van der Waals surface area contributed by atoms with Crippen molar-refractivity contribution in [1.82, 2.24) is 4.90 Å². The number of likely N-dealkylation sites (tertiary alicyclic amines) is 1. The van der Waals surface area contributed by atoms with E-state index in [2.05, 4.69) is 6.58 Å². The summed E-state index contributed by atoms with van der Waals surface area (Å²) in [6.07, 6.45) is 1.85.